The third-order valence-electron chi connectivity index (χ3n) is 10.1. The molecule has 5 aliphatic rings. The van der Waals surface area contributed by atoms with Crippen molar-refractivity contribution >= 4 is 5.91 Å². The Hall–Kier alpha value is -0.810. The molecule has 5 fully saturated rings. The molecule has 1 aliphatic carbocycles. The van der Waals surface area contributed by atoms with E-state index in [1.54, 1.807) is 0 Å². The van der Waals surface area contributed by atoms with Gasteiger partial charge in [-0.25, -0.2) is 10.0 Å². The number of rotatable bonds is 9. The van der Waals surface area contributed by atoms with Gasteiger partial charge >= 0.3 is 0 Å². The highest BCUT2D eigenvalue weighted by molar-refractivity contribution is 5.79. The highest BCUT2D eigenvalue weighted by atomic mass is 16.2. The summed E-state index contributed by atoms with van der Waals surface area (Å²) < 4.78 is 0. The second-order valence-corrected chi connectivity index (χ2v) is 13.0. The van der Waals surface area contributed by atoms with E-state index in [4.69, 9.17) is 5.73 Å². The first-order chi connectivity index (χ1) is 17.9. The van der Waals surface area contributed by atoms with Crippen LogP contribution in [0.5, 0.6) is 0 Å². The summed E-state index contributed by atoms with van der Waals surface area (Å²) in [5, 5.41) is 12.4. The molecule has 212 valence electrons. The van der Waals surface area contributed by atoms with Crippen molar-refractivity contribution in [2.75, 3.05) is 46.3 Å². The summed E-state index contributed by atoms with van der Waals surface area (Å²) in [4.78, 5) is 16.2. The Morgan fingerprint density at radius 1 is 1.11 bits per heavy atom. The van der Waals surface area contributed by atoms with Crippen LogP contribution in [0, 0.1) is 23.7 Å². The Balaban J connectivity index is 1.24. The van der Waals surface area contributed by atoms with Crippen LogP contribution in [0.3, 0.4) is 0 Å². The first-order valence-corrected chi connectivity index (χ1v) is 15.4. The molecule has 8 atom stereocenters. The number of carbonyl (C=O) groups excluding carboxylic acids is 1. The number of fused-ring (bicyclic) bond motifs is 2. The third kappa shape index (κ3) is 6.34. The van der Waals surface area contributed by atoms with E-state index in [0.717, 1.165) is 51.6 Å². The molecule has 0 aromatic carbocycles. The molecular formula is C28H54N8O. The van der Waals surface area contributed by atoms with Crippen molar-refractivity contribution in [1.82, 2.24) is 36.4 Å². The van der Waals surface area contributed by atoms with Crippen LogP contribution >= 0.6 is 0 Å². The van der Waals surface area contributed by atoms with E-state index in [-0.39, 0.29) is 18.0 Å². The molecule has 1 saturated carbocycles. The number of nitrogens with zero attached hydrogens (tertiary/aromatic N) is 3. The van der Waals surface area contributed by atoms with Crippen molar-refractivity contribution in [3.8, 4) is 0 Å². The molecular weight excluding hydrogens is 464 g/mol. The number of carbonyl (C=O) groups is 1. The van der Waals surface area contributed by atoms with Crippen LogP contribution in [0.25, 0.3) is 0 Å². The first kappa shape index (κ1) is 27.7. The number of hydrogen-bond donors (Lipinski definition) is 5. The number of amides is 1. The van der Waals surface area contributed by atoms with E-state index in [9.17, 15) is 4.79 Å². The van der Waals surface area contributed by atoms with E-state index < -0.39 is 0 Å². The SMILES string of the molecule is CC(C)N1NCC2C(C(=O)NCC3CCCC4CCNN43)CC(C3CCCC(CN(C)CCN)C3)NC21. The minimum absolute atomic E-state index is 0.0683. The van der Waals surface area contributed by atoms with Crippen LogP contribution in [-0.2, 0) is 4.79 Å². The van der Waals surface area contributed by atoms with Crippen LogP contribution in [0.15, 0.2) is 0 Å². The van der Waals surface area contributed by atoms with Gasteiger partial charge in [0.25, 0.3) is 0 Å². The van der Waals surface area contributed by atoms with Crippen molar-refractivity contribution < 1.29 is 4.79 Å². The fraction of sp³-hybridized carbons (Fsp3) is 0.964. The molecule has 0 spiro atoms. The zero-order valence-corrected chi connectivity index (χ0v) is 23.6. The quantitative estimate of drug-likeness (QED) is 0.309. The van der Waals surface area contributed by atoms with E-state index in [1.807, 2.05) is 0 Å². The molecule has 1 amide bonds. The summed E-state index contributed by atoms with van der Waals surface area (Å²) in [5.74, 6) is 2.04. The van der Waals surface area contributed by atoms with Crippen molar-refractivity contribution in [3.63, 3.8) is 0 Å². The third-order valence-corrected chi connectivity index (χ3v) is 10.1. The van der Waals surface area contributed by atoms with Crippen LogP contribution in [-0.4, -0.2) is 97.5 Å². The van der Waals surface area contributed by atoms with Gasteiger partial charge < -0.3 is 16.0 Å². The Kier molecular flexibility index (Phi) is 9.43. The minimum atomic E-state index is 0.0683. The summed E-state index contributed by atoms with van der Waals surface area (Å²) in [7, 11) is 2.21. The van der Waals surface area contributed by atoms with Crippen molar-refractivity contribution in [2.24, 2.45) is 29.4 Å². The molecule has 37 heavy (non-hydrogen) atoms. The highest BCUT2D eigenvalue weighted by Crippen LogP contribution is 2.40. The van der Waals surface area contributed by atoms with E-state index in [2.05, 4.69) is 57.3 Å². The van der Waals surface area contributed by atoms with Gasteiger partial charge in [0.2, 0.25) is 5.91 Å². The minimum Gasteiger partial charge on any atom is -0.354 e. The van der Waals surface area contributed by atoms with E-state index in [0.29, 0.717) is 36.0 Å². The fourth-order valence-corrected chi connectivity index (χ4v) is 8.30. The molecule has 4 saturated heterocycles. The molecule has 4 heterocycles. The lowest BCUT2D eigenvalue weighted by Crippen LogP contribution is -2.62. The second kappa shape index (κ2) is 12.6. The monoisotopic (exact) mass is 518 g/mol. The molecule has 5 rings (SSSR count). The lowest BCUT2D eigenvalue weighted by molar-refractivity contribution is -0.130. The predicted octanol–water partition coefficient (Wildman–Crippen LogP) is 1.08. The number of likely N-dealkylation sites (N-methyl/N-ethyl adjacent to an activating group) is 1. The molecule has 4 aliphatic heterocycles. The maximum absolute atomic E-state index is 13.8. The average Bonchev–Trinajstić information content (AvgIpc) is 3.54. The Morgan fingerprint density at radius 3 is 2.76 bits per heavy atom. The highest BCUT2D eigenvalue weighted by Gasteiger charge is 2.49. The van der Waals surface area contributed by atoms with E-state index >= 15 is 0 Å². The first-order valence-electron chi connectivity index (χ1n) is 15.4. The topological polar surface area (TPSA) is 101 Å². The van der Waals surface area contributed by atoms with Crippen LogP contribution in [0.1, 0.15) is 71.6 Å². The summed E-state index contributed by atoms with van der Waals surface area (Å²) in [5.41, 5.74) is 13.0. The lowest BCUT2D eigenvalue weighted by Gasteiger charge is -2.46. The predicted molar refractivity (Wildman–Crippen MR) is 148 cm³/mol. The molecule has 9 nitrogen and oxygen atoms in total. The second-order valence-electron chi connectivity index (χ2n) is 13.0. The summed E-state index contributed by atoms with van der Waals surface area (Å²) in [6, 6.07) is 1.89. The zero-order valence-electron chi connectivity index (χ0n) is 23.6. The van der Waals surface area contributed by atoms with Crippen LogP contribution in [0.4, 0.5) is 0 Å². The van der Waals surface area contributed by atoms with Gasteiger partial charge in [-0.3, -0.25) is 21.0 Å². The van der Waals surface area contributed by atoms with Gasteiger partial charge in [-0.1, -0.05) is 12.8 Å². The summed E-state index contributed by atoms with van der Waals surface area (Å²) >= 11 is 0. The molecule has 9 heteroatoms. The van der Waals surface area contributed by atoms with E-state index in [1.165, 1.54) is 51.4 Å². The van der Waals surface area contributed by atoms with Crippen molar-refractivity contribution in [1.29, 1.82) is 0 Å². The number of nitrogens with one attached hydrogen (secondary N) is 4. The van der Waals surface area contributed by atoms with Gasteiger partial charge in [-0.2, -0.15) is 0 Å². The molecule has 0 aromatic rings. The van der Waals surface area contributed by atoms with Crippen molar-refractivity contribution in [3.05, 3.63) is 0 Å². The summed E-state index contributed by atoms with van der Waals surface area (Å²) in [6.45, 7) is 10.1. The van der Waals surface area contributed by atoms with Crippen LogP contribution < -0.4 is 27.2 Å². The maximum Gasteiger partial charge on any atom is 0.223 e. The largest absolute Gasteiger partial charge is 0.354 e. The molecule has 6 N–H and O–H groups in total. The fourth-order valence-electron chi connectivity index (χ4n) is 8.30. The van der Waals surface area contributed by atoms with Gasteiger partial charge in [0.1, 0.15) is 0 Å². The number of nitrogens with two attached hydrogens (primary N) is 1. The maximum atomic E-state index is 13.8. The Morgan fingerprint density at radius 2 is 1.95 bits per heavy atom. The smallest absolute Gasteiger partial charge is 0.223 e. The summed E-state index contributed by atoms with van der Waals surface area (Å²) in [6.07, 6.45) is 11.3. The van der Waals surface area contributed by atoms with Crippen molar-refractivity contribution in [2.45, 2.75) is 102 Å². The lowest BCUT2D eigenvalue weighted by atomic mass is 9.71. The average molecular weight is 519 g/mol. The molecule has 8 unspecified atom stereocenters. The molecule has 0 aromatic heterocycles. The Bertz CT molecular complexity index is 752. The Labute approximate surface area is 224 Å². The standard InChI is InChI=1S/C28H54N8O/c1-19(2)35-27-25(17-32-35)24(28(37)30-16-23-9-5-8-22-10-12-31-36(22)23)15-26(33-27)21-7-4-6-20(14-21)18-34(3)13-11-29/h19-27,31-33H,4-18,29H2,1-3H3,(H,30,37). The molecule has 0 radical (unpaired) electrons. The van der Waals surface area contributed by atoms with Gasteiger partial charge in [-0.15, -0.1) is 0 Å². The van der Waals surface area contributed by atoms with Crippen LogP contribution in [0.2, 0.25) is 0 Å². The number of hydrogen-bond acceptors (Lipinski definition) is 8. The molecule has 0 bridgehead atoms. The van der Waals surface area contributed by atoms with Gasteiger partial charge in [0.05, 0.1) is 6.17 Å². The zero-order chi connectivity index (χ0) is 25.9. The normalized spacial score (nSPS) is 39.2. The number of hydrazine groups is 2. The number of piperidine rings is 2. The van der Waals surface area contributed by atoms with Gasteiger partial charge in [0, 0.05) is 75.3 Å². The van der Waals surface area contributed by atoms with Gasteiger partial charge in [-0.05, 0) is 77.7 Å². The van der Waals surface area contributed by atoms with Gasteiger partial charge in [0.15, 0.2) is 0 Å².